The van der Waals surface area contributed by atoms with Crippen molar-refractivity contribution >= 4 is 53.9 Å². The molecule has 276 valence electrons. The minimum Gasteiger partial charge on any atom is -0.264 e. The van der Waals surface area contributed by atoms with Crippen molar-refractivity contribution in [3.05, 3.63) is 206 Å². The van der Waals surface area contributed by atoms with E-state index in [9.17, 15) is 0 Å². The molecule has 0 bridgehead atoms. The second kappa shape index (κ2) is 12.8. The average Bonchev–Trinajstić information content (AvgIpc) is 3.51. The van der Waals surface area contributed by atoms with Crippen molar-refractivity contribution in [3.63, 3.8) is 0 Å². The number of pyridine rings is 2. The Bertz CT molecular complexity index is 3410. The fraction of sp³-hybridized carbons (Fsp3) is 0.0526. The lowest BCUT2D eigenvalue weighted by atomic mass is 9.79. The van der Waals surface area contributed by atoms with Crippen LogP contribution >= 0.6 is 0 Å². The largest absolute Gasteiger partial charge is 0.264 e. The highest BCUT2D eigenvalue weighted by atomic mass is 14.6. The summed E-state index contributed by atoms with van der Waals surface area (Å²) >= 11 is 0. The maximum Gasteiger partial charge on any atom is 0.0353 e. The van der Waals surface area contributed by atoms with Gasteiger partial charge in [-0.25, -0.2) is 0 Å². The topological polar surface area (TPSA) is 25.8 Å². The van der Waals surface area contributed by atoms with Crippen LogP contribution in [0.2, 0.25) is 0 Å². The fourth-order valence-electron chi connectivity index (χ4n) is 10.3. The second-order valence-electron chi connectivity index (χ2n) is 16.5. The summed E-state index contributed by atoms with van der Waals surface area (Å²) in [5, 5.41) is 12.2. The summed E-state index contributed by atoms with van der Waals surface area (Å²) in [6, 6.07) is 62.7. The number of hydrogen-bond donors (Lipinski definition) is 0. The Morgan fingerprint density at radius 1 is 0.322 bits per heavy atom. The van der Waals surface area contributed by atoms with E-state index >= 15 is 0 Å². The Balaban J connectivity index is 1.03. The zero-order chi connectivity index (χ0) is 39.2. The van der Waals surface area contributed by atoms with E-state index in [1.54, 1.807) is 0 Å². The first kappa shape index (κ1) is 33.7. The molecule has 0 N–H and O–H groups in total. The number of aromatic nitrogens is 2. The molecule has 12 rings (SSSR count). The van der Waals surface area contributed by atoms with Crippen molar-refractivity contribution in [3.8, 4) is 55.6 Å². The van der Waals surface area contributed by atoms with Gasteiger partial charge in [-0.15, -0.1) is 0 Å². The average molecular weight is 751 g/mol. The predicted octanol–water partition coefficient (Wildman–Crippen LogP) is 15.2. The molecule has 0 amide bonds. The van der Waals surface area contributed by atoms with Crippen molar-refractivity contribution in [2.45, 2.75) is 19.3 Å². The molecule has 0 saturated heterocycles. The molecular formula is C57H38N2. The highest BCUT2D eigenvalue weighted by Gasteiger charge is 2.36. The molecule has 2 heterocycles. The molecule has 0 unspecified atom stereocenters. The molecule has 0 fully saturated rings. The Labute approximate surface area is 343 Å². The first-order valence-electron chi connectivity index (χ1n) is 20.5. The molecular weight excluding hydrogens is 713 g/mol. The lowest BCUT2D eigenvalue weighted by Crippen LogP contribution is -2.15. The molecule has 59 heavy (non-hydrogen) atoms. The van der Waals surface area contributed by atoms with E-state index in [0.29, 0.717) is 0 Å². The minimum atomic E-state index is -0.237. The third-order valence-electron chi connectivity index (χ3n) is 13.0. The number of nitrogens with zero attached hydrogens (tertiary/aromatic N) is 2. The van der Waals surface area contributed by atoms with Crippen LogP contribution < -0.4 is 0 Å². The van der Waals surface area contributed by atoms with Gasteiger partial charge in [0.1, 0.15) is 0 Å². The first-order chi connectivity index (χ1) is 29.0. The minimum absolute atomic E-state index is 0.237. The van der Waals surface area contributed by atoms with Crippen LogP contribution in [-0.2, 0) is 5.41 Å². The molecule has 1 aliphatic carbocycles. The van der Waals surface area contributed by atoms with Crippen LogP contribution in [0.5, 0.6) is 0 Å². The van der Waals surface area contributed by atoms with Gasteiger partial charge in [0.2, 0.25) is 0 Å². The normalized spacial score (nSPS) is 13.1. The molecule has 9 aromatic carbocycles. The van der Waals surface area contributed by atoms with Crippen molar-refractivity contribution in [2.24, 2.45) is 0 Å². The summed E-state index contributed by atoms with van der Waals surface area (Å²) < 4.78 is 0. The molecule has 1 aliphatic rings. The van der Waals surface area contributed by atoms with Gasteiger partial charge in [-0.05, 0) is 140 Å². The van der Waals surface area contributed by atoms with Crippen molar-refractivity contribution < 1.29 is 0 Å². The Kier molecular flexibility index (Phi) is 7.31. The van der Waals surface area contributed by atoms with Crippen LogP contribution in [-0.4, -0.2) is 9.97 Å². The zero-order valence-corrected chi connectivity index (χ0v) is 32.9. The summed E-state index contributed by atoms with van der Waals surface area (Å²) in [5.41, 5.74) is 14.9. The molecule has 0 spiro atoms. The summed E-state index contributed by atoms with van der Waals surface area (Å²) in [6.07, 6.45) is 7.97. The first-order valence-corrected chi connectivity index (χ1v) is 20.5. The summed E-state index contributed by atoms with van der Waals surface area (Å²) in [6.45, 7) is 4.78. The van der Waals surface area contributed by atoms with Crippen LogP contribution in [0.4, 0.5) is 0 Å². The van der Waals surface area contributed by atoms with Crippen molar-refractivity contribution in [1.29, 1.82) is 0 Å². The van der Waals surface area contributed by atoms with Crippen LogP contribution in [0, 0.1) is 0 Å². The van der Waals surface area contributed by atoms with Crippen LogP contribution in [0.25, 0.3) is 109 Å². The van der Waals surface area contributed by atoms with Crippen LogP contribution in [0.15, 0.2) is 195 Å². The van der Waals surface area contributed by atoms with Gasteiger partial charge in [0, 0.05) is 41.0 Å². The van der Waals surface area contributed by atoms with Gasteiger partial charge in [-0.3, -0.25) is 9.97 Å². The third kappa shape index (κ3) is 5.00. The second-order valence-corrected chi connectivity index (χ2v) is 16.5. The molecule has 0 aliphatic heterocycles. The predicted molar refractivity (Wildman–Crippen MR) is 249 cm³/mol. The Hall–Kier alpha value is -7.42. The van der Waals surface area contributed by atoms with E-state index in [1.165, 1.54) is 115 Å². The van der Waals surface area contributed by atoms with Gasteiger partial charge >= 0.3 is 0 Å². The maximum absolute atomic E-state index is 4.72. The lowest BCUT2D eigenvalue weighted by Gasteiger charge is -2.24. The molecule has 11 aromatic rings. The molecule has 2 heteroatoms. The van der Waals surface area contributed by atoms with Crippen molar-refractivity contribution in [2.75, 3.05) is 0 Å². The fourth-order valence-corrected chi connectivity index (χ4v) is 10.3. The van der Waals surface area contributed by atoms with E-state index in [2.05, 4.69) is 201 Å². The number of benzene rings is 9. The molecule has 2 aromatic heterocycles. The highest BCUT2D eigenvalue weighted by Crippen LogP contribution is 2.53. The highest BCUT2D eigenvalue weighted by molar-refractivity contribution is 6.23. The third-order valence-corrected chi connectivity index (χ3v) is 13.0. The summed E-state index contributed by atoms with van der Waals surface area (Å²) in [4.78, 5) is 9.41. The van der Waals surface area contributed by atoms with Crippen molar-refractivity contribution in [1.82, 2.24) is 9.97 Å². The van der Waals surface area contributed by atoms with Gasteiger partial charge in [0.05, 0.1) is 0 Å². The van der Waals surface area contributed by atoms with Crippen LogP contribution in [0.3, 0.4) is 0 Å². The quantitative estimate of drug-likeness (QED) is 0.167. The smallest absolute Gasteiger partial charge is 0.0353 e. The summed E-state index contributed by atoms with van der Waals surface area (Å²) in [7, 11) is 0. The molecule has 0 radical (unpaired) electrons. The van der Waals surface area contributed by atoms with E-state index in [4.69, 9.17) is 4.98 Å². The van der Waals surface area contributed by atoms with E-state index in [-0.39, 0.29) is 5.41 Å². The van der Waals surface area contributed by atoms with E-state index in [1.807, 2.05) is 12.4 Å². The van der Waals surface area contributed by atoms with Gasteiger partial charge in [0.15, 0.2) is 0 Å². The molecule has 0 saturated carbocycles. The van der Waals surface area contributed by atoms with Gasteiger partial charge < -0.3 is 0 Å². The van der Waals surface area contributed by atoms with E-state index in [0.717, 1.165) is 5.39 Å². The zero-order valence-electron chi connectivity index (χ0n) is 32.9. The van der Waals surface area contributed by atoms with Gasteiger partial charge in [-0.1, -0.05) is 153 Å². The van der Waals surface area contributed by atoms with E-state index < -0.39 is 0 Å². The molecule has 2 nitrogen and oxygen atoms in total. The SMILES string of the molecule is CC1(C)c2cc(-c3c4ccccc4c(-c4ccccc4)c4ccncc34)ccc2-c2ccc(-c3c4ccccc4c(-c4ccc5ccccc5c4)c4ccncc34)cc21. The number of hydrogen-bond acceptors (Lipinski definition) is 2. The maximum atomic E-state index is 4.72. The number of rotatable bonds is 4. The molecule has 0 atom stereocenters. The van der Waals surface area contributed by atoms with Gasteiger partial charge in [-0.2, -0.15) is 0 Å². The Morgan fingerprint density at radius 3 is 1.27 bits per heavy atom. The number of fused-ring (bicyclic) bond motifs is 8. The van der Waals surface area contributed by atoms with Crippen LogP contribution in [0.1, 0.15) is 25.0 Å². The Morgan fingerprint density at radius 2 is 0.729 bits per heavy atom. The lowest BCUT2D eigenvalue weighted by molar-refractivity contribution is 0.661. The summed E-state index contributed by atoms with van der Waals surface area (Å²) in [5.74, 6) is 0. The monoisotopic (exact) mass is 750 g/mol. The van der Waals surface area contributed by atoms with Gasteiger partial charge in [0.25, 0.3) is 0 Å². The standard InChI is InChI=1S/C57H38N2/c1-57(2)51-31-39(55-45-18-10-8-16-43(45)53(36-13-4-3-5-14-36)47-26-28-58-33-49(47)55)22-24-41(51)42-25-23-40(32-52(42)57)56-46-19-11-9-17-44(46)54(48-27-29-59-34-50(48)56)38-21-20-35-12-6-7-15-37(35)30-38/h3-34H,1-2H3.